The summed E-state index contributed by atoms with van der Waals surface area (Å²) in [6, 6.07) is 0. The first kappa shape index (κ1) is 15.7. The highest BCUT2D eigenvalue weighted by Crippen LogP contribution is 2.70. The number of methoxy groups -OCH3 is 1. The first-order chi connectivity index (χ1) is 10.9. The molecule has 4 aliphatic carbocycles. The zero-order valence-electron chi connectivity index (χ0n) is 14.5. The van der Waals surface area contributed by atoms with Crippen LogP contribution in [0.15, 0.2) is 12.2 Å². The maximum Gasteiger partial charge on any atom is 0.308 e. The molecule has 0 amide bonds. The van der Waals surface area contributed by atoms with Gasteiger partial charge in [0.25, 0.3) is 0 Å². The third-order valence-electron chi connectivity index (χ3n) is 8.26. The number of ether oxygens (including phenoxy) is 1. The normalized spacial score (nSPS) is 51.8. The second kappa shape index (κ2) is 5.08. The van der Waals surface area contributed by atoms with Crippen molar-refractivity contribution in [2.75, 3.05) is 7.11 Å². The topological polar surface area (TPSA) is 46.5 Å². The zero-order valence-corrected chi connectivity index (χ0v) is 14.5. The molecule has 23 heavy (non-hydrogen) atoms. The van der Waals surface area contributed by atoms with Crippen molar-refractivity contribution < 1.29 is 14.6 Å². The van der Waals surface area contributed by atoms with Crippen LogP contribution < -0.4 is 0 Å². The molecular formula is C20H30O3. The lowest BCUT2D eigenvalue weighted by Crippen LogP contribution is -2.60. The lowest BCUT2D eigenvalue weighted by atomic mass is 9.42. The quantitative estimate of drug-likeness (QED) is 0.592. The van der Waals surface area contributed by atoms with Crippen LogP contribution in [0.2, 0.25) is 0 Å². The van der Waals surface area contributed by atoms with Crippen molar-refractivity contribution in [1.82, 2.24) is 0 Å². The van der Waals surface area contributed by atoms with Gasteiger partial charge in [0.15, 0.2) is 0 Å². The van der Waals surface area contributed by atoms with Crippen LogP contribution in [0.3, 0.4) is 0 Å². The third kappa shape index (κ3) is 1.95. The highest BCUT2D eigenvalue weighted by Gasteiger charge is 2.65. The van der Waals surface area contributed by atoms with Crippen LogP contribution in [-0.2, 0) is 9.53 Å². The number of carbonyl (C=O) groups is 1. The molecule has 3 heteroatoms. The SMILES string of the molecule is C=C1C[C@]23C[C@H]1CC[C@H]2[C@]1(C)CCC[C@H](C(=O)OC)[C@H]1C[C@@H]3O. The number of carbonyl (C=O) groups excluding carboxylic acids is 1. The van der Waals surface area contributed by atoms with E-state index in [9.17, 15) is 9.90 Å². The van der Waals surface area contributed by atoms with E-state index in [-0.39, 0.29) is 34.7 Å². The summed E-state index contributed by atoms with van der Waals surface area (Å²) in [7, 11) is 1.50. The first-order valence-corrected chi connectivity index (χ1v) is 9.36. The number of aliphatic hydroxyl groups excluding tert-OH is 1. The molecule has 0 aromatic rings. The highest BCUT2D eigenvalue weighted by molar-refractivity contribution is 5.73. The Kier molecular flexibility index (Phi) is 3.46. The Morgan fingerprint density at radius 1 is 1.35 bits per heavy atom. The molecule has 0 radical (unpaired) electrons. The largest absolute Gasteiger partial charge is 0.469 e. The van der Waals surface area contributed by atoms with Gasteiger partial charge in [0.05, 0.1) is 19.1 Å². The molecule has 128 valence electrons. The van der Waals surface area contributed by atoms with Crippen LogP contribution in [-0.4, -0.2) is 24.3 Å². The minimum absolute atomic E-state index is 0.0203. The average molecular weight is 318 g/mol. The molecule has 0 heterocycles. The van der Waals surface area contributed by atoms with Gasteiger partial charge >= 0.3 is 5.97 Å². The third-order valence-corrected chi connectivity index (χ3v) is 8.26. The van der Waals surface area contributed by atoms with E-state index < -0.39 is 0 Å². The van der Waals surface area contributed by atoms with E-state index in [1.165, 1.54) is 31.9 Å². The van der Waals surface area contributed by atoms with E-state index in [0.29, 0.717) is 11.8 Å². The van der Waals surface area contributed by atoms with Crippen LogP contribution >= 0.6 is 0 Å². The number of allylic oxidation sites excluding steroid dienone is 1. The number of hydrogen-bond acceptors (Lipinski definition) is 3. The number of aliphatic hydroxyl groups is 1. The summed E-state index contributed by atoms with van der Waals surface area (Å²) in [6.45, 7) is 6.72. The predicted octanol–water partition coefficient (Wildman–Crippen LogP) is 3.71. The Balaban J connectivity index is 1.73. The Bertz CT molecular complexity index is 541. The molecule has 2 bridgehead atoms. The van der Waals surface area contributed by atoms with Gasteiger partial charge in [0.1, 0.15) is 0 Å². The summed E-state index contributed by atoms with van der Waals surface area (Å²) in [5, 5.41) is 11.1. The lowest BCUT2D eigenvalue weighted by Gasteiger charge is -2.62. The molecule has 4 saturated carbocycles. The number of fused-ring (bicyclic) bond motifs is 3. The van der Waals surface area contributed by atoms with Crippen molar-refractivity contribution in [2.24, 2.45) is 34.5 Å². The fourth-order valence-electron chi connectivity index (χ4n) is 7.27. The van der Waals surface area contributed by atoms with E-state index in [1.807, 2.05) is 0 Å². The molecule has 0 unspecified atom stereocenters. The number of hydrogen-bond donors (Lipinski definition) is 1. The Morgan fingerprint density at radius 3 is 2.87 bits per heavy atom. The van der Waals surface area contributed by atoms with E-state index >= 15 is 0 Å². The van der Waals surface area contributed by atoms with E-state index in [4.69, 9.17) is 4.74 Å². The standard InChI is InChI=1S/C20H30O3/c1-12-10-20-11-13(12)6-7-16(20)19(2)8-4-5-14(18(22)23-3)15(19)9-17(20)21/h13-17,21H,1,4-11H2,2-3H3/t13-,14+,15-,16+,17+,19-,20+/m1/s1. The summed E-state index contributed by atoms with van der Waals surface area (Å²) < 4.78 is 5.10. The van der Waals surface area contributed by atoms with Gasteiger partial charge in [0.2, 0.25) is 0 Å². The molecule has 4 aliphatic rings. The Labute approximate surface area is 139 Å². The summed E-state index contributed by atoms with van der Waals surface area (Å²) >= 11 is 0. The van der Waals surface area contributed by atoms with Crippen LogP contribution in [0, 0.1) is 34.5 Å². The molecule has 0 aromatic heterocycles. The van der Waals surface area contributed by atoms with E-state index in [1.54, 1.807) is 0 Å². The number of rotatable bonds is 1. The van der Waals surface area contributed by atoms with Gasteiger partial charge in [-0.15, -0.1) is 0 Å². The van der Waals surface area contributed by atoms with E-state index in [2.05, 4.69) is 13.5 Å². The molecule has 4 fully saturated rings. The fourth-order valence-corrected chi connectivity index (χ4v) is 7.27. The predicted molar refractivity (Wildman–Crippen MR) is 88.6 cm³/mol. The van der Waals surface area contributed by atoms with Crippen molar-refractivity contribution in [3.05, 3.63) is 12.2 Å². The first-order valence-electron chi connectivity index (χ1n) is 9.36. The van der Waals surface area contributed by atoms with Gasteiger partial charge < -0.3 is 9.84 Å². The summed E-state index contributed by atoms with van der Waals surface area (Å²) in [4.78, 5) is 12.3. The van der Waals surface area contributed by atoms with Gasteiger partial charge in [-0.3, -0.25) is 4.79 Å². The number of esters is 1. The van der Waals surface area contributed by atoms with E-state index in [0.717, 1.165) is 32.1 Å². The van der Waals surface area contributed by atoms with Gasteiger partial charge in [0, 0.05) is 5.41 Å². The van der Waals surface area contributed by atoms with Gasteiger partial charge in [-0.2, -0.15) is 0 Å². The molecule has 1 spiro atoms. The summed E-state index contributed by atoms with van der Waals surface area (Å²) in [5.74, 6) is 1.36. The second-order valence-electron chi connectivity index (χ2n) is 8.98. The minimum Gasteiger partial charge on any atom is -0.469 e. The average Bonchev–Trinajstić information content (AvgIpc) is 2.78. The minimum atomic E-state index is -0.280. The zero-order chi connectivity index (χ0) is 16.4. The molecule has 3 nitrogen and oxygen atoms in total. The maximum atomic E-state index is 12.3. The monoisotopic (exact) mass is 318 g/mol. The molecular weight excluding hydrogens is 288 g/mol. The van der Waals surface area contributed by atoms with Crippen molar-refractivity contribution in [2.45, 2.75) is 64.4 Å². The van der Waals surface area contributed by atoms with Gasteiger partial charge in [-0.1, -0.05) is 25.5 Å². The molecule has 0 aliphatic heterocycles. The lowest BCUT2D eigenvalue weighted by molar-refractivity contribution is -0.191. The van der Waals surface area contributed by atoms with Gasteiger partial charge in [-0.05, 0) is 68.1 Å². The van der Waals surface area contributed by atoms with Gasteiger partial charge in [-0.25, -0.2) is 0 Å². The van der Waals surface area contributed by atoms with Crippen LogP contribution in [0.1, 0.15) is 58.3 Å². The smallest absolute Gasteiger partial charge is 0.308 e. The summed E-state index contributed by atoms with van der Waals surface area (Å²) in [5.41, 5.74) is 1.59. The summed E-state index contributed by atoms with van der Waals surface area (Å²) in [6.07, 6.45) is 8.28. The highest BCUT2D eigenvalue weighted by atomic mass is 16.5. The van der Waals surface area contributed by atoms with Crippen molar-refractivity contribution in [3.63, 3.8) is 0 Å². The Hall–Kier alpha value is -0.830. The molecule has 7 atom stereocenters. The van der Waals surface area contributed by atoms with Crippen LogP contribution in [0.5, 0.6) is 0 Å². The Morgan fingerprint density at radius 2 is 2.13 bits per heavy atom. The molecule has 0 aromatic carbocycles. The van der Waals surface area contributed by atoms with Crippen LogP contribution in [0.25, 0.3) is 0 Å². The second-order valence-corrected chi connectivity index (χ2v) is 8.98. The molecule has 4 rings (SSSR count). The maximum absolute atomic E-state index is 12.3. The van der Waals surface area contributed by atoms with Crippen molar-refractivity contribution >= 4 is 5.97 Å². The van der Waals surface area contributed by atoms with Crippen molar-refractivity contribution in [1.29, 1.82) is 0 Å². The molecule has 1 N–H and O–H groups in total. The van der Waals surface area contributed by atoms with Crippen LogP contribution in [0.4, 0.5) is 0 Å². The fraction of sp³-hybridized carbons (Fsp3) is 0.850. The van der Waals surface area contributed by atoms with Crippen molar-refractivity contribution in [3.8, 4) is 0 Å². The molecule has 0 saturated heterocycles.